The molecule has 0 radical (unpaired) electrons. The number of hydrogen-bond donors (Lipinski definition) is 0. The standard InChI is InChI=1S/C28H37ClFN5/c1-5-32-13-15-34(16-14-32)28-26(22(4)31-35(28)25-11-8-10-24(30)17-25)20-33(18-21(2)3)19-23-9-6-7-12-27(23)29/h6-12,17,21H,5,13-16,18-20H2,1-4H3. The SMILES string of the molecule is CCN1CCN(c2c(CN(Cc3ccccc3Cl)CC(C)C)c(C)nn2-c2cccc(F)c2)CC1. The highest BCUT2D eigenvalue weighted by Gasteiger charge is 2.27. The Morgan fingerprint density at radius 1 is 1.03 bits per heavy atom. The third-order valence-corrected chi connectivity index (χ3v) is 7.05. The van der Waals surface area contributed by atoms with E-state index in [1.165, 1.54) is 11.6 Å². The molecule has 0 amide bonds. The zero-order valence-electron chi connectivity index (χ0n) is 21.3. The van der Waals surface area contributed by atoms with Crippen LogP contribution in [0.5, 0.6) is 0 Å². The van der Waals surface area contributed by atoms with Gasteiger partial charge >= 0.3 is 0 Å². The first-order chi connectivity index (χ1) is 16.9. The molecule has 1 aromatic heterocycles. The molecule has 0 atom stereocenters. The van der Waals surface area contributed by atoms with Gasteiger partial charge in [-0.15, -0.1) is 0 Å². The van der Waals surface area contributed by atoms with Crippen LogP contribution in [0.2, 0.25) is 5.02 Å². The fraction of sp³-hybridized carbons (Fsp3) is 0.464. The minimum atomic E-state index is -0.251. The summed E-state index contributed by atoms with van der Waals surface area (Å²) in [7, 11) is 0. The van der Waals surface area contributed by atoms with E-state index in [2.05, 4.69) is 48.5 Å². The number of rotatable bonds is 9. The van der Waals surface area contributed by atoms with Crippen molar-refractivity contribution in [3.05, 3.63) is 76.2 Å². The van der Waals surface area contributed by atoms with Gasteiger partial charge in [0.25, 0.3) is 0 Å². The molecule has 0 spiro atoms. The Bertz CT molecular complexity index is 1120. The molecule has 0 bridgehead atoms. The van der Waals surface area contributed by atoms with Crippen LogP contribution in [-0.4, -0.2) is 58.8 Å². The fourth-order valence-electron chi connectivity index (χ4n) is 4.91. The minimum absolute atomic E-state index is 0.251. The summed E-state index contributed by atoms with van der Waals surface area (Å²) in [5.74, 6) is 1.34. The van der Waals surface area contributed by atoms with Gasteiger partial charge in [-0.3, -0.25) is 4.90 Å². The van der Waals surface area contributed by atoms with Gasteiger partial charge in [0.2, 0.25) is 0 Å². The zero-order valence-corrected chi connectivity index (χ0v) is 22.1. The molecule has 1 aliphatic heterocycles. The summed E-state index contributed by atoms with van der Waals surface area (Å²) in [5, 5.41) is 5.73. The molecule has 0 saturated carbocycles. The van der Waals surface area contributed by atoms with Gasteiger partial charge in [0.1, 0.15) is 11.6 Å². The minimum Gasteiger partial charge on any atom is -0.354 e. The van der Waals surface area contributed by atoms with Gasteiger partial charge in [-0.25, -0.2) is 9.07 Å². The van der Waals surface area contributed by atoms with E-state index in [-0.39, 0.29) is 5.82 Å². The molecule has 5 nitrogen and oxygen atoms in total. The van der Waals surface area contributed by atoms with Crippen molar-refractivity contribution < 1.29 is 4.39 Å². The molecule has 35 heavy (non-hydrogen) atoms. The smallest absolute Gasteiger partial charge is 0.137 e. The van der Waals surface area contributed by atoms with Crippen molar-refractivity contribution in [1.29, 1.82) is 0 Å². The van der Waals surface area contributed by atoms with Gasteiger partial charge in [0, 0.05) is 56.4 Å². The second-order valence-corrected chi connectivity index (χ2v) is 10.3. The first-order valence-electron chi connectivity index (χ1n) is 12.6. The van der Waals surface area contributed by atoms with Gasteiger partial charge in [-0.05, 0) is 49.2 Å². The predicted octanol–water partition coefficient (Wildman–Crippen LogP) is 5.77. The highest BCUT2D eigenvalue weighted by Crippen LogP contribution is 2.31. The Labute approximate surface area is 214 Å². The first-order valence-corrected chi connectivity index (χ1v) is 13.0. The van der Waals surface area contributed by atoms with Crippen LogP contribution >= 0.6 is 11.6 Å². The molecule has 0 aliphatic carbocycles. The molecular formula is C28H37ClFN5. The largest absolute Gasteiger partial charge is 0.354 e. The van der Waals surface area contributed by atoms with E-state index >= 15 is 0 Å². The van der Waals surface area contributed by atoms with Crippen LogP contribution in [0.1, 0.15) is 37.6 Å². The summed E-state index contributed by atoms with van der Waals surface area (Å²) in [6.45, 7) is 16.2. The molecule has 0 N–H and O–H groups in total. The number of piperazine rings is 1. The van der Waals surface area contributed by atoms with Crippen molar-refractivity contribution in [2.24, 2.45) is 5.92 Å². The molecule has 2 aromatic carbocycles. The highest BCUT2D eigenvalue weighted by atomic mass is 35.5. The third-order valence-electron chi connectivity index (χ3n) is 6.69. The van der Waals surface area contributed by atoms with Gasteiger partial charge in [0.15, 0.2) is 0 Å². The van der Waals surface area contributed by atoms with Crippen LogP contribution in [-0.2, 0) is 13.1 Å². The molecule has 1 aliphatic rings. The van der Waals surface area contributed by atoms with Crippen LogP contribution < -0.4 is 4.90 Å². The second kappa shape index (κ2) is 11.5. The Kier molecular flexibility index (Phi) is 8.47. The lowest BCUT2D eigenvalue weighted by Gasteiger charge is -2.36. The van der Waals surface area contributed by atoms with Crippen molar-refractivity contribution in [3.63, 3.8) is 0 Å². The van der Waals surface area contributed by atoms with E-state index < -0.39 is 0 Å². The van der Waals surface area contributed by atoms with E-state index in [1.807, 2.05) is 28.9 Å². The maximum Gasteiger partial charge on any atom is 0.137 e. The van der Waals surface area contributed by atoms with Crippen LogP contribution in [0, 0.1) is 18.7 Å². The van der Waals surface area contributed by atoms with E-state index in [0.29, 0.717) is 5.92 Å². The monoisotopic (exact) mass is 497 g/mol. The van der Waals surface area contributed by atoms with Crippen molar-refractivity contribution in [2.75, 3.05) is 44.2 Å². The fourth-order valence-corrected chi connectivity index (χ4v) is 5.11. The molecule has 2 heterocycles. The van der Waals surface area contributed by atoms with Crippen molar-refractivity contribution in [3.8, 4) is 5.69 Å². The lowest BCUT2D eigenvalue weighted by molar-refractivity contribution is 0.227. The van der Waals surface area contributed by atoms with Gasteiger partial charge < -0.3 is 9.80 Å². The summed E-state index contributed by atoms with van der Waals surface area (Å²) in [5.41, 5.74) is 4.07. The normalized spacial score (nSPS) is 14.9. The van der Waals surface area contributed by atoms with E-state index in [4.69, 9.17) is 16.7 Å². The number of aromatic nitrogens is 2. The average Bonchev–Trinajstić information content (AvgIpc) is 3.16. The summed E-state index contributed by atoms with van der Waals surface area (Å²) < 4.78 is 16.1. The van der Waals surface area contributed by atoms with Crippen LogP contribution in [0.25, 0.3) is 5.69 Å². The molecule has 7 heteroatoms. The topological polar surface area (TPSA) is 27.5 Å². The van der Waals surface area contributed by atoms with Crippen molar-refractivity contribution in [1.82, 2.24) is 19.6 Å². The molecular weight excluding hydrogens is 461 g/mol. The molecule has 0 unspecified atom stereocenters. The summed E-state index contributed by atoms with van der Waals surface area (Å²) >= 11 is 6.53. The van der Waals surface area contributed by atoms with Crippen molar-refractivity contribution >= 4 is 17.4 Å². The number of benzene rings is 2. The second-order valence-electron chi connectivity index (χ2n) is 9.86. The number of anilines is 1. The van der Waals surface area contributed by atoms with E-state index in [0.717, 1.165) is 80.1 Å². The number of nitrogens with zero attached hydrogens (tertiary/aromatic N) is 5. The number of likely N-dealkylation sites (N-methyl/N-ethyl adjacent to an activating group) is 1. The maximum atomic E-state index is 14.2. The Morgan fingerprint density at radius 3 is 2.43 bits per heavy atom. The number of hydrogen-bond acceptors (Lipinski definition) is 4. The van der Waals surface area contributed by atoms with Crippen LogP contribution in [0.4, 0.5) is 10.2 Å². The molecule has 3 aromatic rings. The Hall–Kier alpha value is -2.41. The number of halogens is 2. The molecule has 188 valence electrons. The summed E-state index contributed by atoms with van der Waals surface area (Å²) in [6.07, 6.45) is 0. The van der Waals surface area contributed by atoms with E-state index in [9.17, 15) is 4.39 Å². The van der Waals surface area contributed by atoms with Gasteiger partial charge in [-0.1, -0.05) is 56.6 Å². The van der Waals surface area contributed by atoms with E-state index in [1.54, 1.807) is 12.1 Å². The molecule has 1 saturated heterocycles. The van der Waals surface area contributed by atoms with Crippen LogP contribution in [0.15, 0.2) is 48.5 Å². The summed E-state index contributed by atoms with van der Waals surface area (Å²) in [6, 6.07) is 14.8. The lowest BCUT2D eigenvalue weighted by atomic mass is 10.1. The molecule has 4 rings (SSSR count). The number of aryl methyl sites for hydroxylation is 1. The Morgan fingerprint density at radius 2 is 1.77 bits per heavy atom. The quantitative estimate of drug-likeness (QED) is 0.375. The third kappa shape index (κ3) is 6.24. The van der Waals surface area contributed by atoms with Crippen molar-refractivity contribution in [2.45, 2.75) is 40.8 Å². The van der Waals surface area contributed by atoms with Gasteiger partial charge in [0.05, 0.1) is 11.4 Å². The highest BCUT2D eigenvalue weighted by molar-refractivity contribution is 6.31. The first kappa shape index (κ1) is 25.7. The molecule has 1 fully saturated rings. The zero-order chi connectivity index (χ0) is 24.9. The average molecular weight is 498 g/mol. The Balaban J connectivity index is 1.72. The predicted molar refractivity (Wildman–Crippen MR) is 143 cm³/mol. The maximum absolute atomic E-state index is 14.2. The summed E-state index contributed by atoms with van der Waals surface area (Å²) in [4.78, 5) is 7.35. The van der Waals surface area contributed by atoms with Crippen LogP contribution in [0.3, 0.4) is 0 Å². The van der Waals surface area contributed by atoms with Gasteiger partial charge in [-0.2, -0.15) is 5.10 Å². The lowest BCUT2D eigenvalue weighted by Crippen LogP contribution is -2.47.